The Hall–Kier alpha value is -1.75. The van der Waals surface area contributed by atoms with E-state index in [1.54, 1.807) is 25.1 Å². The molecule has 16 heavy (non-hydrogen) atoms. The van der Waals surface area contributed by atoms with Crippen LogP contribution in [0.25, 0.3) is 0 Å². The molecule has 0 radical (unpaired) electrons. The van der Waals surface area contributed by atoms with E-state index < -0.39 is 5.97 Å². The van der Waals surface area contributed by atoms with Crippen LogP contribution in [0.15, 0.2) is 23.4 Å². The average Bonchev–Trinajstić information content (AvgIpc) is 2.29. The van der Waals surface area contributed by atoms with E-state index in [0.717, 1.165) is 5.56 Å². The highest BCUT2D eigenvalue weighted by Gasteiger charge is 2.07. The normalized spacial score (nSPS) is 11.2. The Kier molecular flexibility index (Phi) is 4.13. The molecule has 0 atom stereocenters. The monoisotopic (exact) mass is 241 g/mol. The first kappa shape index (κ1) is 12.3. The number of hydrogen-bond donors (Lipinski definition) is 2. The van der Waals surface area contributed by atoms with Crippen molar-refractivity contribution in [2.45, 2.75) is 6.92 Å². The Morgan fingerprint density at radius 2 is 2.25 bits per heavy atom. The van der Waals surface area contributed by atoms with Crippen LogP contribution in [0.2, 0.25) is 0 Å². The lowest BCUT2D eigenvalue weighted by Crippen LogP contribution is -2.17. The fourth-order valence-corrected chi connectivity index (χ4v) is 1.15. The largest absolute Gasteiger partial charge is 0.398 e. The number of nitrogens with two attached hydrogens (primary N) is 2. The second-order valence-corrected chi connectivity index (χ2v) is 3.36. The van der Waals surface area contributed by atoms with E-state index in [4.69, 9.17) is 23.1 Å². The van der Waals surface area contributed by atoms with E-state index in [0.29, 0.717) is 11.3 Å². The van der Waals surface area contributed by atoms with Gasteiger partial charge in [0, 0.05) is 11.3 Å². The molecular formula is C10H12ClN3O2. The molecule has 0 aliphatic carbocycles. The van der Waals surface area contributed by atoms with E-state index >= 15 is 0 Å². The van der Waals surface area contributed by atoms with Gasteiger partial charge in [0.1, 0.15) is 5.88 Å². The van der Waals surface area contributed by atoms with Gasteiger partial charge in [-0.2, -0.15) is 0 Å². The standard InChI is InChI=1S/C10H12ClN3O2/c1-6-7(3-2-4-8(6)12)10(13)14-16-9(15)5-11/h2-4H,5,12H2,1H3,(H2,13,14). The predicted octanol–water partition coefficient (Wildman–Crippen LogP) is 0.980. The molecule has 1 aromatic carbocycles. The molecule has 0 saturated heterocycles. The summed E-state index contributed by atoms with van der Waals surface area (Å²) in [5.74, 6) is -0.846. The third-order valence-corrected chi connectivity index (χ3v) is 2.22. The minimum Gasteiger partial charge on any atom is -0.398 e. The molecule has 4 N–H and O–H groups in total. The van der Waals surface area contributed by atoms with Crippen molar-refractivity contribution in [1.29, 1.82) is 0 Å². The zero-order valence-electron chi connectivity index (χ0n) is 8.74. The molecule has 0 spiro atoms. The number of alkyl halides is 1. The maximum absolute atomic E-state index is 10.8. The summed E-state index contributed by atoms with van der Waals surface area (Å²) in [7, 11) is 0. The van der Waals surface area contributed by atoms with E-state index in [1.807, 2.05) is 0 Å². The fraction of sp³-hybridized carbons (Fsp3) is 0.200. The Morgan fingerprint density at radius 3 is 2.88 bits per heavy atom. The van der Waals surface area contributed by atoms with Gasteiger partial charge in [0.25, 0.3) is 0 Å². The maximum Gasteiger partial charge on any atom is 0.349 e. The lowest BCUT2D eigenvalue weighted by atomic mass is 10.1. The average molecular weight is 242 g/mol. The highest BCUT2D eigenvalue weighted by molar-refractivity contribution is 6.26. The van der Waals surface area contributed by atoms with Crippen LogP contribution in [0.1, 0.15) is 11.1 Å². The number of carbonyl (C=O) groups excluding carboxylic acids is 1. The quantitative estimate of drug-likeness (QED) is 0.206. The first-order valence-electron chi connectivity index (χ1n) is 4.51. The summed E-state index contributed by atoms with van der Waals surface area (Å²) < 4.78 is 0. The zero-order chi connectivity index (χ0) is 12.1. The molecule has 5 nitrogen and oxygen atoms in total. The summed E-state index contributed by atoms with van der Waals surface area (Å²) in [6.45, 7) is 1.80. The molecule has 0 aliphatic heterocycles. The van der Waals surface area contributed by atoms with Gasteiger partial charge in [0.2, 0.25) is 0 Å². The van der Waals surface area contributed by atoms with Crippen molar-refractivity contribution in [2.24, 2.45) is 10.9 Å². The Morgan fingerprint density at radius 1 is 1.56 bits per heavy atom. The summed E-state index contributed by atoms with van der Waals surface area (Å²) >= 11 is 5.23. The summed E-state index contributed by atoms with van der Waals surface area (Å²) in [4.78, 5) is 15.2. The molecule has 0 saturated carbocycles. The number of hydrogen-bond acceptors (Lipinski definition) is 4. The van der Waals surface area contributed by atoms with Gasteiger partial charge in [-0.3, -0.25) is 0 Å². The number of nitrogen functional groups attached to an aromatic ring is 1. The van der Waals surface area contributed by atoms with E-state index in [9.17, 15) is 4.79 Å². The molecule has 0 aromatic heterocycles. The van der Waals surface area contributed by atoms with E-state index in [2.05, 4.69) is 9.99 Å². The summed E-state index contributed by atoms with van der Waals surface area (Å²) in [6.07, 6.45) is 0. The van der Waals surface area contributed by atoms with Crippen molar-refractivity contribution in [3.8, 4) is 0 Å². The smallest absolute Gasteiger partial charge is 0.349 e. The van der Waals surface area contributed by atoms with Crippen LogP contribution in [-0.4, -0.2) is 17.7 Å². The summed E-state index contributed by atoms with van der Waals surface area (Å²) in [6, 6.07) is 5.22. The van der Waals surface area contributed by atoms with Crippen LogP contribution in [0, 0.1) is 6.92 Å². The molecule has 1 aromatic rings. The van der Waals surface area contributed by atoms with Crippen LogP contribution in [0.4, 0.5) is 5.69 Å². The molecule has 6 heteroatoms. The van der Waals surface area contributed by atoms with Crippen LogP contribution < -0.4 is 11.5 Å². The number of halogens is 1. The van der Waals surface area contributed by atoms with Gasteiger partial charge in [-0.25, -0.2) is 4.79 Å². The first-order chi connectivity index (χ1) is 7.56. The number of anilines is 1. The fourth-order valence-electron chi connectivity index (χ4n) is 1.10. The number of rotatable bonds is 3. The van der Waals surface area contributed by atoms with E-state index in [-0.39, 0.29) is 11.7 Å². The minimum absolute atomic E-state index is 0.0864. The van der Waals surface area contributed by atoms with Gasteiger partial charge in [-0.05, 0) is 18.6 Å². The zero-order valence-corrected chi connectivity index (χ0v) is 9.49. The maximum atomic E-state index is 10.8. The van der Waals surface area contributed by atoms with Crippen molar-refractivity contribution < 1.29 is 9.63 Å². The van der Waals surface area contributed by atoms with Gasteiger partial charge in [-0.15, -0.1) is 11.6 Å². The molecule has 86 valence electrons. The lowest BCUT2D eigenvalue weighted by molar-refractivity contribution is -0.140. The Balaban J connectivity index is 2.92. The number of nitrogens with zero attached hydrogens (tertiary/aromatic N) is 1. The molecule has 0 fully saturated rings. The third kappa shape index (κ3) is 2.87. The van der Waals surface area contributed by atoms with Gasteiger partial charge in [0.15, 0.2) is 5.84 Å². The highest BCUT2D eigenvalue weighted by Crippen LogP contribution is 2.15. The Labute approximate surface area is 98.0 Å². The molecule has 1 rings (SSSR count). The van der Waals surface area contributed by atoms with Gasteiger partial charge < -0.3 is 16.3 Å². The van der Waals surface area contributed by atoms with Crippen molar-refractivity contribution in [2.75, 3.05) is 11.6 Å². The van der Waals surface area contributed by atoms with Crippen molar-refractivity contribution >= 4 is 29.1 Å². The van der Waals surface area contributed by atoms with Crippen molar-refractivity contribution in [3.05, 3.63) is 29.3 Å². The second-order valence-electron chi connectivity index (χ2n) is 3.09. The van der Waals surface area contributed by atoms with Crippen molar-refractivity contribution in [3.63, 3.8) is 0 Å². The topological polar surface area (TPSA) is 90.7 Å². The van der Waals surface area contributed by atoms with Crippen LogP contribution >= 0.6 is 11.6 Å². The van der Waals surface area contributed by atoms with Crippen LogP contribution in [-0.2, 0) is 9.63 Å². The van der Waals surface area contributed by atoms with Crippen LogP contribution in [0.3, 0.4) is 0 Å². The number of benzene rings is 1. The van der Waals surface area contributed by atoms with Gasteiger partial charge in [0.05, 0.1) is 0 Å². The van der Waals surface area contributed by atoms with Gasteiger partial charge in [-0.1, -0.05) is 17.3 Å². The van der Waals surface area contributed by atoms with E-state index in [1.165, 1.54) is 0 Å². The summed E-state index contributed by atoms with van der Waals surface area (Å²) in [5, 5.41) is 3.47. The van der Waals surface area contributed by atoms with Crippen molar-refractivity contribution in [1.82, 2.24) is 0 Å². The predicted molar refractivity (Wildman–Crippen MR) is 63.1 cm³/mol. The molecule has 0 unspecified atom stereocenters. The number of amidine groups is 1. The molecule has 0 aliphatic rings. The van der Waals surface area contributed by atoms with Gasteiger partial charge >= 0.3 is 5.97 Å². The number of oxime groups is 1. The lowest BCUT2D eigenvalue weighted by Gasteiger charge is -2.06. The molecule has 0 bridgehead atoms. The molecule has 0 amide bonds. The highest BCUT2D eigenvalue weighted by atomic mass is 35.5. The molecule has 0 heterocycles. The Bertz CT molecular complexity index is 432. The molecular weight excluding hydrogens is 230 g/mol. The second kappa shape index (κ2) is 5.37. The number of carbonyl (C=O) groups is 1. The third-order valence-electron chi connectivity index (χ3n) is 2.01. The van der Waals surface area contributed by atoms with Crippen LogP contribution in [0.5, 0.6) is 0 Å². The minimum atomic E-state index is -0.661. The first-order valence-corrected chi connectivity index (χ1v) is 5.04. The SMILES string of the molecule is Cc1c(N)cccc1/C(N)=N/OC(=O)CCl. The summed E-state index contributed by atoms with van der Waals surface area (Å²) in [5.41, 5.74) is 13.3.